The molecule has 0 unspecified atom stereocenters. The third-order valence-corrected chi connectivity index (χ3v) is 3.29. The minimum atomic E-state index is -0.339. The van der Waals surface area contributed by atoms with Crippen LogP contribution in [-0.4, -0.2) is 55.2 Å². The summed E-state index contributed by atoms with van der Waals surface area (Å²) in [5.41, 5.74) is 1.06. The van der Waals surface area contributed by atoms with Crippen molar-refractivity contribution >= 4 is 12.1 Å². The van der Waals surface area contributed by atoms with E-state index < -0.39 is 0 Å². The average molecular weight is 277 g/mol. The molecule has 1 fully saturated rings. The number of carbonyl (C=O) groups is 2. The molecule has 0 bridgehead atoms. The molecule has 6 nitrogen and oxygen atoms in total. The van der Waals surface area contributed by atoms with Crippen LogP contribution in [0.5, 0.6) is 0 Å². The first-order chi connectivity index (χ1) is 9.70. The summed E-state index contributed by atoms with van der Waals surface area (Å²) < 4.78 is 4.66. The van der Waals surface area contributed by atoms with Crippen molar-refractivity contribution in [1.82, 2.24) is 15.1 Å². The Balaban J connectivity index is 1.76. The van der Waals surface area contributed by atoms with E-state index in [1.54, 1.807) is 9.80 Å². The Morgan fingerprint density at radius 1 is 1.10 bits per heavy atom. The van der Waals surface area contributed by atoms with Gasteiger partial charge in [0.05, 0.1) is 7.11 Å². The van der Waals surface area contributed by atoms with Gasteiger partial charge in [0.2, 0.25) is 0 Å². The van der Waals surface area contributed by atoms with Gasteiger partial charge in [0.1, 0.15) is 0 Å². The number of benzene rings is 1. The van der Waals surface area contributed by atoms with E-state index in [9.17, 15) is 9.59 Å². The molecule has 1 heterocycles. The van der Waals surface area contributed by atoms with Crippen molar-refractivity contribution < 1.29 is 14.3 Å². The molecule has 1 aromatic rings. The fourth-order valence-corrected chi connectivity index (χ4v) is 2.11. The van der Waals surface area contributed by atoms with Gasteiger partial charge < -0.3 is 19.9 Å². The number of piperazine rings is 1. The van der Waals surface area contributed by atoms with Crippen molar-refractivity contribution in [2.45, 2.75) is 6.54 Å². The van der Waals surface area contributed by atoms with Gasteiger partial charge in [0.15, 0.2) is 0 Å². The first-order valence-electron chi connectivity index (χ1n) is 6.60. The maximum atomic E-state index is 12.0. The zero-order valence-corrected chi connectivity index (χ0v) is 11.5. The van der Waals surface area contributed by atoms with Crippen LogP contribution >= 0.6 is 0 Å². The van der Waals surface area contributed by atoms with Crippen LogP contribution in [-0.2, 0) is 11.3 Å². The van der Waals surface area contributed by atoms with Gasteiger partial charge in [-0.25, -0.2) is 9.59 Å². The van der Waals surface area contributed by atoms with Gasteiger partial charge in [0.25, 0.3) is 0 Å². The van der Waals surface area contributed by atoms with Crippen molar-refractivity contribution in [1.29, 1.82) is 0 Å². The molecule has 0 atom stereocenters. The lowest BCUT2D eigenvalue weighted by Gasteiger charge is -2.33. The van der Waals surface area contributed by atoms with Crippen LogP contribution in [0.15, 0.2) is 30.3 Å². The normalized spacial score (nSPS) is 14.8. The lowest BCUT2D eigenvalue weighted by Crippen LogP contribution is -2.53. The van der Waals surface area contributed by atoms with Gasteiger partial charge in [-0.05, 0) is 5.56 Å². The second kappa shape index (κ2) is 6.79. The van der Waals surface area contributed by atoms with Crippen molar-refractivity contribution in [3.05, 3.63) is 35.9 Å². The van der Waals surface area contributed by atoms with Gasteiger partial charge in [-0.15, -0.1) is 0 Å². The SMILES string of the molecule is COC(=O)N1CCN(C(=O)NCc2ccccc2)CC1. The van der Waals surface area contributed by atoms with E-state index in [1.165, 1.54) is 7.11 Å². The standard InChI is InChI=1S/C14H19N3O3/c1-20-14(19)17-9-7-16(8-10-17)13(18)15-11-12-5-3-2-4-6-12/h2-6H,7-11H2,1H3,(H,15,18). The molecule has 0 spiro atoms. The molecule has 1 aromatic carbocycles. The van der Waals surface area contributed by atoms with E-state index >= 15 is 0 Å². The van der Waals surface area contributed by atoms with Gasteiger partial charge in [-0.2, -0.15) is 0 Å². The molecule has 0 aromatic heterocycles. The highest BCUT2D eigenvalue weighted by Crippen LogP contribution is 2.04. The highest BCUT2D eigenvalue weighted by atomic mass is 16.5. The number of ether oxygens (including phenoxy) is 1. The molecule has 0 radical (unpaired) electrons. The Labute approximate surface area is 118 Å². The van der Waals surface area contributed by atoms with E-state index in [0.29, 0.717) is 32.7 Å². The lowest BCUT2D eigenvalue weighted by molar-refractivity contribution is 0.0970. The summed E-state index contributed by atoms with van der Waals surface area (Å²) >= 11 is 0. The molecule has 3 amide bonds. The van der Waals surface area contributed by atoms with Crippen LogP contribution in [0.3, 0.4) is 0 Å². The van der Waals surface area contributed by atoms with Crippen molar-refractivity contribution in [2.24, 2.45) is 0 Å². The molecular weight excluding hydrogens is 258 g/mol. The predicted octanol–water partition coefficient (Wildman–Crippen LogP) is 1.28. The minimum absolute atomic E-state index is 0.0987. The minimum Gasteiger partial charge on any atom is -0.453 e. The molecule has 0 aliphatic carbocycles. The van der Waals surface area contributed by atoms with E-state index in [1.807, 2.05) is 30.3 Å². The number of carbonyl (C=O) groups excluding carboxylic acids is 2. The van der Waals surface area contributed by atoms with Gasteiger partial charge in [-0.1, -0.05) is 30.3 Å². The fraction of sp³-hybridized carbons (Fsp3) is 0.429. The van der Waals surface area contributed by atoms with Crippen LogP contribution in [0.1, 0.15) is 5.56 Å². The third-order valence-electron chi connectivity index (χ3n) is 3.29. The highest BCUT2D eigenvalue weighted by molar-refractivity contribution is 5.75. The molecule has 108 valence electrons. The topological polar surface area (TPSA) is 61.9 Å². The number of hydrogen-bond acceptors (Lipinski definition) is 3. The Bertz CT molecular complexity index is 456. The highest BCUT2D eigenvalue weighted by Gasteiger charge is 2.24. The van der Waals surface area contributed by atoms with E-state index in [0.717, 1.165) is 5.56 Å². The van der Waals surface area contributed by atoms with E-state index in [4.69, 9.17) is 0 Å². The second-order valence-corrected chi connectivity index (χ2v) is 4.59. The van der Waals surface area contributed by atoms with E-state index in [-0.39, 0.29) is 12.1 Å². The monoisotopic (exact) mass is 277 g/mol. The molecule has 0 saturated carbocycles. The smallest absolute Gasteiger partial charge is 0.409 e. The van der Waals surface area contributed by atoms with Crippen molar-refractivity contribution in [3.8, 4) is 0 Å². The molecule has 1 N–H and O–H groups in total. The largest absolute Gasteiger partial charge is 0.453 e. The quantitative estimate of drug-likeness (QED) is 0.885. The first-order valence-corrected chi connectivity index (χ1v) is 6.60. The van der Waals surface area contributed by atoms with Crippen LogP contribution < -0.4 is 5.32 Å². The van der Waals surface area contributed by atoms with Crippen LogP contribution in [0.2, 0.25) is 0 Å². The Hall–Kier alpha value is -2.24. The summed E-state index contributed by atoms with van der Waals surface area (Å²) in [5, 5.41) is 2.88. The van der Waals surface area contributed by atoms with Crippen molar-refractivity contribution in [3.63, 3.8) is 0 Å². The predicted molar refractivity (Wildman–Crippen MR) is 74.2 cm³/mol. The fourth-order valence-electron chi connectivity index (χ4n) is 2.11. The molecular formula is C14H19N3O3. The molecule has 1 saturated heterocycles. The van der Waals surface area contributed by atoms with Crippen LogP contribution in [0, 0.1) is 0 Å². The number of amides is 3. The summed E-state index contributed by atoms with van der Waals surface area (Å²) in [6.45, 7) is 2.57. The lowest BCUT2D eigenvalue weighted by atomic mass is 10.2. The molecule has 6 heteroatoms. The maximum absolute atomic E-state index is 12.0. The number of nitrogens with zero attached hydrogens (tertiary/aromatic N) is 2. The third kappa shape index (κ3) is 3.63. The summed E-state index contributed by atoms with van der Waals surface area (Å²) in [4.78, 5) is 26.6. The number of hydrogen-bond donors (Lipinski definition) is 1. The van der Waals surface area contributed by atoms with Gasteiger partial charge in [0, 0.05) is 32.7 Å². The van der Waals surface area contributed by atoms with E-state index in [2.05, 4.69) is 10.1 Å². The number of methoxy groups -OCH3 is 1. The summed E-state index contributed by atoms with van der Waals surface area (Å²) in [6.07, 6.45) is -0.339. The van der Waals surface area contributed by atoms with Crippen LogP contribution in [0.25, 0.3) is 0 Å². The number of nitrogens with one attached hydrogen (secondary N) is 1. The molecule has 20 heavy (non-hydrogen) atoms. The first kappa shape index (κ1) is 14.2. The molecule has 1 aliphatic rings. The Kier molecular flexibility index (Phi) is 4.81. The second-order valence-electron chi connectivity index (χ2n) is 4.59. The summed E-state index contributed by atoms with van der Waals surface area (Å²) in [6, 6.07) is 9.66. The Morgan fingerprint density at radius 2 is 1.70 bits per heavy atom. The summed E-state index contributed by atoms with van der Waals surface area (Å²) in [7, 11) is 1.36. The van der Waals surface area contributed by atoms with Crippen molar-refractivity contribution in [2.75, 3.05) is 33.3 Å². The average Bonchev–Trinajstić information content (AvgIpc) is 2.53. The number of rotatable bonds is 2. The zero-order chi connectivity index (χ0) is 14.4. The van der Waals surface area contributed by atoms with Gasteiger partial charge >= 0.3 is 12.1 Å². The molecule has 2 rings (SSSR count). The maximum Gasteiger partial charge on any atom is 0.409 e. The number of urea groups is 1. The summed E-state index contributed by atoms with van der Waals surface area (Å²) in [5.74, 6) is 0. The molecule has 1 aliphatic heterocycles. The van der Waals surface area contributed by atoms with Crippen LogP contribution in [0.4, 0.5) is 9.59 Å². The zero-order valence-electron chi connectivity index (χ0n) is 11.5. The Morgan fingerprint density at radius 3 is 2.30 bits per heavy atom. The van der Waals surface area contributed by atoms with Gasteiger partial charge in [-0.3, -0.25) is 0 Å².